The Balaban J connectivity index is 2.04. The number of nitrogens with zero attached hydrogens (tertiary/aromatic N) is 2. The standard InChI is InChI=1S/C12H13BrN2O/c1-9-5-11(13)3-4-12(9)16-8-10-6-14-15(2)7-10/h3-7H,8H2,1-2H3. The quantitative estimate of drug-likeness (QED) is 0.864. The predicted molar refractivity (Wildman–Crippen MR) is 66.4 cm³/mol. The van der Waals surface area contributed by atoms with Gasteiger partial charge in [0.05, 0.1) is 6.20 Å². The van der Waals surface area contributed by atoms with Crippen LogP contribution in [0.15, 0.2) is 35.1 Å². The first-order chi connectivity index (χ1) is 7.65. The molecule has 2 aromatic rings. The normalized spacial score (nSPS) is 10.4. The molecule has 0 N–H and O–H groups in total. The molecule has 0 atom stereocenters. The molecule has 0 aliphatic carbocycles. The van der Waals surface area contributed by atoms with Crippen LogP contribution in [-0.4, -0.2) is 9.78 Å². The molecule has 0 saturated carbocycles. The van der Waals surface area contributed by atoms with Gasteiger partial charge in [0, 0.05) is 23.3 Å². The molecule has 0 fully saturated rings. The van der Waals surface area contributed by atoms with Crippen LogP contribution in [0.3, 0.4) is 0 Å². The Bertz CT molecular complexity index is 494. The Morgan fingerprint density at radius 3 is 2.88 bits per heavy atom. The largest absolute Gasteiger partial charge is 0.489 e. The molecule has 0 amide bonds. The molecule has 2 rings (SSSR count). The molecule has 0 saturated heterocycles. The lowest BCUT2D eigenvalue weighted by Gasteiger charge is -2.07. The van der Waals surface area contributed by atoms with Gasteiger partial charge in [-0.25, -0.2) is 0 Å². The van der Waals surface area contributed by atoms with Crippen LogP contribution in [0.5, 0.6) is 5.75 Å². The van der Waals surface area contributed by atoms with E-state index >= 15 is 0 Å². The molecule has 84 valence electrons. The lowest BCUT2D eigenvalue weighted by molar-refractivity contribution is 0.304. The summed E-state index contributed by atoms with van der Waals surface area (Å²) in [5.74, 6) is 0.909. The van der Waals surface area contributed by atoms with Gasteiger partial charge in [-0.2, -0.15) is 5.10 Å². The van der Waals surface area contributed by atoms with E-state index in [4.69, 9.17) is 4.74 Å². The van der Waals surface area contributed by atoms with Crippen LogP contribution in [0.1, 0.15) is 11.1 Å². The first kappa shape index (κ1) is 11.2. The number of hydrogen-bond donors (Lipinski definition) is 0. The zero-order chi connectivity index (χ0) is 11.5. The van der Waals surface area contributed by atoms with Crippen LogP contribution in [0, 0.1) is 6.92 Å². The minimum absolute atomic E-state index is 0.552. The molecule has 1 heterocycles. The molecule has 1 aromatic heterocycles. The molecule has 0 unspecified atom stereocenters. The summed E-state index contributed by atoms with van der Waals surface area (Å²) in [7, 11) is 1.90. The Hall–Kier alpha value is -1.29. The zero-order valence-corrected chi connectivity index (χ0v) is 10.9. The van der Waals surface area contributed by atoms with Crippen molar-refractivity contribution in [3.05, 3.63) is 46.2 Å². The molecule has 0 aliphatic rings. The fraction of sp³-hybridized carbons (Fsp3) is 0.250. The van der Waals surface area contributed by atoms with Gasteiger partial charge in [0.25, 0.3) is 0 Å². The molecule has 0 radical (unpaired) electrons. The summed E-state index contributed by atoms with van der Waals surface area (Å²) in [4.78, 5) is 0. The average Bonchev–Trinajstić information content (AvgIpc) is 2.63. The van der Waals surface area contributed by atoms with Crippen LogP contribution in [-0.2, 0) is 13.7 Å². The van der Waals surface area contributed by atoms with E-state index in [-0.39, 0.29) is 0 Å². The third-order valence-corrected chi connectivity index (χ3v) is 2.78. The van der Waals surface area contributed by atoms with Crippen molar-refractivity contribution in [3.63, 3.8) is 0 Å². The third kappa shape index (κ3) is 2.64. The molecule has 4 heteroatoms. The Morgan fingerprint density at radius 2 is 2.25 bits per heavy atom. The molecule has 16 heavy (non-hydrogen) atoms. The number of aryl methyl sites for hydroxylation is 2. The van der Waals surface area contributed by atoms with Gasteiger partial charge in [-0.1, -0.05) is 15.9 Å². The van der Waals surface area contributed by atoms with Crippen molar-refractivity contribution in [2.45, 2.75) is 13.5 Å². The van der Waals surface area contributed by atoms with Crippen molar-refractivity contribution in [2.75, 3.05) is 0 Å². The van der Waals surface area contributed by atoms with E-state index in [9.17, 15) is 0 Å². The van der Waals surface area contributed by atoms with Crippen LogP contribution < -0.4 is 4.74 Å². The fourth-order valence-corrected chi connectivity index (χ4v) is 1.96. The van der Waals surface area contributed by atoms with Crippen LogP contribution in [0.2, 0.25) is 0 Å². The van der Waals surface area contributed by atoms with Gasteiger partial charge in [-0.3, -0.25) is 4.68 Å². The lowest BCUT2D eigenvalue weighted by atomic mass is 10.2. The second-order valence-corrected chi connectivity index (χ2v) is 4.64. The molecule has 0 bridgehead atoms. The van der Waals surface area contributed by atoms with Crippen LogP contribution in [0.4, 0.5) is 0 Å². The SMILES string of the molecule is Cc1cc(Br)ccc1OCc1cnn(C)c1. The summed E-state index contributed by atoms with van der Waals surface area (Å²) in [5, 5.41) is 4.09. The maximum absolute atomic E-state index is 5.72. The minimum Gasteiger partial charge on any atom is -0.489 e. The summed E-state index contributed by atoms with van der Waals surface area (Å²) in [5.41, 5.74) is 2.20. The van der Waals surface area contributed by atoms with E-state index in [1.807, 2.05) is 44.6 Å². The van der Waals surface area contributed by atoms with E-state index in [0.29, 0.717) is 6.61 Å². The van der Waals surface area contributed by atoms with E-state index < -0.39 is 0 Å². The maximum Gasteiger partial charge on any atom is 0.122 e. The summed E-state index contributed by atoms with van der Waals surface area (Å²) >= 11 is 3.43. The van der Waals surface area contributed by atoms with Gasteiger partial charge in [-0.15, -0.1) is 0 Å². The van der Waals surface area contributed by atoms with Crippen molar-refractivity contribution < 1.29 is 4.74 Å². The summed E-state index contributed by atoms with van der Waals surface area (Å²) in [6.07, 6.45) is 3.77. The van der Waals surface area contributed by atoms with Gasteiger partial charge < -0.3 is 4.74 Å². The highest BCUT2D eigenvalue weighted by Gasteiger charge is 2.01. The third-order valence-electron chi connectivity index (χ3n) is 2.29. The molecule has 3 nitrogen and oxygen atoms in total. The summed E-state index contributed by atoms with van der Waals surface area (Å²) in [6, 6.07) is 5.99. The zero-order valence-electron chi connectivity index (χ0n) is 9.27. The lowest BCUT2D eigenvalue weighted by Crippen LogP contribution is -1.95. The van der Waals surface area contributed by atoms with Gasteiger partial charge >= 0.3 is 0 Å². The first-order valence-corrected chi connectivity index (χ1v) is 5.81. The second kappa shape index (κ2) is 4.70. The first-order valence-electron chi connectivity index (χ1n) is 5.01. The monoisotopic (exact) mass is 280 g/mol. The minimum atomic E-state index is 0.552. The smallest absolute Gasteiger partial charge is 0.122 e. The van der Waals surface area contributed by atoms with Crippen LogP contribution in [0.25, 0.3) is 0 Å². The maximum atomic E-state index is 5.72. The fourth-order valence-electron chi connectivity index (χ4n) is 1.48. The number of aromatic nitrogens is 2. The van der Waals surface area contributed by atoms with Crippen molar-refractivity contribution in [3.8, 4) is 5.75 Å². The molecule has 0 spiro atoms. The van der Waals surface area contributed by atoms with Crippen LogP contribution >= 0.6 is 15.9 Å². The highest BCUT2D eigenvalue weighted by atomic mass is 79.9. The highest BCUT2D eigenvalue weighted by molar-refractivity contribution is 9.10. The van der Waals surface area contributed by atoms with Gasteiger partial charge in [-0.05, 0) is 30.7 Å². The summed E-state index contributed by atoms with van der Waals surface area (Å²) < 4.78 is 8.56. The highest BCUT2D eigenvalue weighted by Crippen LogP contribution is 2.22. The number of rotatable bonds is 3. The number of hydrogen-bond acceptors (Lipinski definition) is 2. The van der Waals surface area contributed by atoms with Gasteiger partial charge in [0.1, 0.15) is 12.4 Å². The molecular formula is C12H13BrN2O. The molecular weight excluding hydrogens is 268 g/mol. The molecule has 0 aliphatic heterocycles. The Kier molecular flexibility index (Phi) is 3.29. The van der Waals surface area contributed by atoms with E-state index in [1.165, 1.54) is 0 Å². The van der Waals surface area contributed by atoms with Gasteiger partial charge in [0.15, 0.2) is 0 Å². The average molecular weight is 281 g/mol. The number of benzene rings is 1. The van der Waals surface area contributed by atoms with Crippen molar-refractivity contribution in [2.24, 2.45) is 7.05 Å². The summed E-state index contributed by atoms with van der Waals surface area (Å²) in [6.45, 7) is 2.58. The van der Waals surface area contributed by atoms with Crippen molar-refractivity contribution in [1.82, 2.24) is 9.78 Å². The van der Waals surface area contributed by atoms with Gasteiger partial charge in [0.2, 0.25) is 0 Å². The van der Waals surface area contributed by atoms with E-state index in [1.54, 1.807) is 4.68 Å². The Labute approximate surface area is 103 Å². The molecule has 1 aromatic carbocycles. The topological polar surface area (TPSA) is 27.1 Å². The Morgan fingerprint density at radius 1 is 1.44 bits per heavy atom. The van der Waals surface area contributed by atoms with E-state index in [2.05, 4.69) is 21.0 Å². The number of halogens is 1. The predicted octanol–water partition coefficient (Wildman–Crippen LogP) is 3.07. The number of ether oxygens (including phenoxy) is 1. The second-order valence-electron chi connectivity index (χ2n) is 3.72. The van der Waals surface area contributed by atoms with Crippen molar-refractivity contribution >= 4 is 15.9 Å². The van der Waals surface area contributed by atoms with E-state index in [0.717, 1.165) is 21.3 Å². The van der Waals surface area contributed by atoms with Crippen molar-refractivity contribution in [1.29, 1.82) is 0 Å².